The summed E-state index contributed by atoms with van der Waals surface area (Å²) in [5.41, 5.74) is -0.131. The number of amides is 1. The second-order valence-corrected chi connectivity index (χ2v) is 5.52. The number of para-hydroxylation sites is 2. The molecular weight excluding hydrogens is 285 g/mol. The molecule has 0 aliphatic rings. The van der Waals surface area contributed by atoms with Gasteiger partial charge in [0, 0.05) is 18.5 Å². The van der Waals surface area contributed by atoms with Gasteiger partial charge in [-0.3, -0.25) is 4.79 Å². The maximum Gasteiger partial charge on any atom is 0.573 e. The fourth-order valence-electron chi connectivity index (χ4n) is 1.55. The summed E-state index contributed by atoms with van der Waals surface area (Å²) in [6.45, 7) is 6.30. The standard InChI is InChI=1S/C14H19F3N2O2/c1-13(2,3)18-9-8-12(20)19-10-6-4-5-7-11(10)21-14(15,16)17/h4-7,18H,8-9H2,1-3H3,(H,19,20). The number of carbonyl (C=O) groups is 1. The van der Waals surface area contributed by atoms with Gasteiger partial charge in [0.05, 0.1) is 5.69 Å². The van der Waals surface area contributed by atoms with E-state index in [1.54, 1.807) is 0 Å². The predicted molar refractivity (Wildman–Crippen MR) is 74.1 cm³/mol. The Morgan fingerprint density at radius 3 is 2.38 bits per heavy atom. The van der Waals surface area contributed by atoms with Crippen LogP contribution in [-0.2, 0) is 4.79 Å². The van der Waals surface area contributed by atoms with E-state index >= 15 is 0 Å². The molecule has 0 aliphatic heterocycles. The van der Waals surface area contributed by atoms with Gasteiger partial charge in [-0.15, -0.1) is 13.2 Å². The first-order valence-corrected chi connectivity index (χ1v) is 6.46. The van der Waals surface area contributed by atoms with Gasteiger partial charge in [0.15, 0.2) is 5.75 Å². The summed E-state index contributed by atoms with van der Waals surface area (Å²) < 4.78 is 40.6. The van der Waals surface area contributed by atoms with Crippen LogP contribution in [0.25, 0.3) is 0 Å². The number of carbonyl (C=O) groups excluding carboxylic acids is 1. The minimum atomic E-state index is -4.80. The summed E-state index contributed by atoms with van der Waals surface area (Å²) >= 11 is 0. The van der Waals surface area contributed by atoms with Crippen molar-refractivity contribution in [3.63, 3.8) is 0 Å². The molecule has 0 atom stereocenters. The van der Waals surface area contributed by atoms with Crippen molar-refractivity contribution in [3.8, 4) is 5.75 Å². The molecule has 0 spiro atoms. The van der Waals surface area contributed by atoms with Crippen LogP contribution in [0.15, 0.2) is 24.3 Å². The Morgan fingerprint density at radius 1 is 1.19 bits per heavy atom. The first kappa shape index (κ1) is 17.3. The second kappa shape index (κ2) is 6.80. The third-order valence-corrected chi connectivity index (χ3v) is 2.39. The molecule has 4 nitrogen and oxygen atoms in total. The molecule has 0 radical (unpaired) electrons. The molecule has 0 saturated carbocycles. The lowest BCUT2D eigenvalue weighted by Gasteiger charge is -2.20. The first-order valence-electron chi connectivity index (χ1n) is 6.46. The lowest BCUT2D eigenvalue weighted by Crippen LogP contribution is -2.37. The Balaban J connectivity index is 2.60. The van der Waals surface area contributed by atoms with Crippen LogP contribution in [-0.4, -0.2) is 24.4 Å². The number of nitrogens with one attached hydrogen (secondary N) is 2. The fourth-order valence-corrected chi connectivity index (χ4v) is 1.55. The molecule has 0 aromatic heterocycles. The highest BCUT2D eigenvalue weighted by molar-refractivity contribution is 5.92. The van der Waals surface area contributed by atoms with E-state index in [0.717, 1.165) is 6.07 Å². The average Bonchev–Trinajstić information content (AvgIpc) is 2.28. The van der Waals surface area contributed by atoms with Crippen molar-refractivity contribution in [2.75, 3.05) is 11.9 Å². The van der Waals surface area contributed by atoms with E-state index < -0.39 is 12.1 Å². The molecule has 0 fully saturated rings. The molecule has 118 valence electrons. The van der Waals surface area contributed by atoms with E-state index in [-0.39, 0.29) is 23.6 Å². The molecule has 1 amide bonds. The lowest BCUT2D eigenvalue weighted by atomic mass is 10.1. The normalized spacial score (nSPS) is 12.1. The maximum absolute atomic E-state index is 12.2. The van der Waals surface area contributed by atoms with Crippen LogP contribution in [0.1, 0.15) is 27.2 Å². The molecular formula is C14H19F3N2O2. The second-order valence-electron chi connectivity index (χ2n) is 5.52. The minimum Gasteiger partial charge on any atom is -0.404 e. The molecule has 1 rings (SSSR count). The smallest absolute Gasteiger partial charge is 0.404 e. The Kier molecular flexibility index (Phi) is 5.60. The number of halogens is 3. The largest absolute Gasteiger partial charge is 0.573 e. The number of hydrogen-bond acceptors (Lipinski definition) is 3. The highest BCUT2D eigenvalue weighted by Gasteiger charge is 2.32. The zero-order valence-corrected chi connectivity index (χ0v) is 12.2. The summed E-state index contributed by atoms with van der Waals surface area (Å²) in [6.07, 6.45) is -4.65. The van der Waals surface area contributed by atoms with Crippen molar-refractivity contribution in [1.82, 2.24) is 5.32 Å². The highest BCUT2D eigenvalue weighted by atomic mass is 19.4. The van der Waals surface area contributed by atoms with Gasteiger partial charge in [0.1, 0.15) is 0 Å². The van der Waals surface area contributed by atoms with Crippen molar-refractivity contribution in [3.05, 3.63) is 24.3 Å². The van der Waals surface area contributed by atoms with Crippen molar-refractivity contribution >= 4 is 11.6 Å². The number of hydrogen-bond donors (Lipinski definition) is 2. The van der Waals surface area contributed by atoms with Crippen molar-refractivity contribution in [2.24, 2.45) is 0 Å². The molecule has 0 saturated heterocycles. The summed E-state index contributed by atoms with van der Waals surface area (Å²) in [6, 6.07) is 5.43. The van der Waals surface area contributed by atoms with Crippen LogP contribution in [0.4, 0.5) is 18.9 Å². The maximum atomic E-state index is 12.2. The summed E-state index contributed by atoms with van der Waals surface area (Å²) in [5.74, 6) is -0.813. The number of alkyl halides is 3. The molecule has 1 aromatic carbocycles. The van der Waals surface area contributed by atoms with E-state index in [1.165, 1.54) is 18.2 Å². The van der Waals surface area contributed by atoms with Gasteiger partial charge in [-0.25, -0.2) is 0 Å². The third-order valence-electron chi connectivity index (χ3n) is 2.39. The predicted octanol–water partition coefficient (Wildman–Crippen LogP) is 3.30. The molecule has 0 aliphatic carbocycles. The van der Waals surface area contributed by atoms with Gasteiger partial charge in [0.25, 0.3) is 0 Å². The van der Waals surface area contributed by atoms with Gasteiger partial charge in [-0.2, -0.15) is 0 Å². The third kappa shape index (κ3) is 7.55. The highest BCUT2D eigenvalue weighted by Crippen LogP contribution is 2.29. The molecule has 0 heterocycles. The van der Waals surface area contributed by atoms with Crippen molar-refractivity contribution in [1.29, 1.82) is 0 Å². The quantitative estimate of drug-likeness (QED) is 0.877. The average molecular weight is 304 g/mol. The SMILES string of the molecule is CC(C)(C)NCCC(=O)Nc1ccccc1OC(F)(F)F. The monoisotopic (exact) mass is 304 g/mol. The Morgan fingerprint density at radius 2 is 1.81 bits per heavy atom. The van der Waals surface area contributed by atoms with Gasteiger partial charge in [0.2, 0.25) is 5.91 Å². The van der Waals surface area contributed by atoms with Gasteiger partial charge >= 0.3 is 6.36 Å². The van der Waals surface area contributed by atoms with E-state index in [4.69, 9.17) is 0 Å². The van der Waals surface area contributed by atoms with Gasteiger partial charge in [-0.05, 0) is 32.9 Å². The Hall–Kier alpha value is -1.76. The summed E-state index contributed by atoms with van der Waals surface area (Å²) in [5, 5.41) is 5.53. The first-order chi connectivity index (χ1) is 9.57. The van der Waals surface area contributed by atoms with E-state index in [0.29, 0.717) is 6.54 Å². The molecule has 1 aromatic rings. The fraction of sp³-hybridized carbons (Fsp3) is 0.500. The van der Waals surface area contributed by atoms with Gasteiger partial charge < -0.3 is 15.4 Å². The van der Waals surface area contributed by atoms with Crippen LogP contribution >= 0.6 is 0 Å². The molecule has 21 heavy (non-hydrogen) atoms. The molecule has 0 bridgehead atoms. The number of benzene rings is 1. The van der Waals surface area contributed by atoms with Crippen molar-refractivity contribution in [2.45, 2.75) is 39.1 Å². The van der Waals surface area contributed by atoms with Crippen LogP contribution < -0.4 is 15.4 Å². The molecule has 2 N–H and O–H groups in total. The van der Waals surface area contributed by atoms with Crippen LogP contribution in [0.3, 0.4) is 0 Å². The van der Waals surface area contributed by atoms with Crippen LogP contribution in [0.5, 0.6) is 5.75 Å². The van der Waals surface area contributed by atoms with Gasteiger partial charge in [-0.1, -0.05) is 12.1 Å². The number of ether oxygens (including phenoxy) is 1. The van der Waals surface area contributed by atoms with E-state index in [9.17, 15) is 18.0 Å². The minimum absolute atomic E-state index is 0.00409. The topological polar surface area (TPSA) is 50.4 Å². The Labute approximate surface area is 121 Å². The van der Waals surface area contributed by atoms with Crippen molar-refractivity contribution < 1.29 is 22.7 Å². The lowest BCUT2D eigenvalue weighted by molar-refractivity contribution is -0.274. The zero-order chi connectivity index (χ0) is 16.1. The van der Waals surface area contributed by atoms with Crippen LogP contribution in [0.2, 0.25) is 0 Å². The van der Waals surface area contributed by atoms with Crippen LogP contribution in [0, 0.1) is 0 Å². The summed E-state index contributed by atoms with van der Waals surface area (Å²) in [4.78, 5) is 11.7. The molecule has 0 unspecified atom stereocenters. The number of rotatable bonds is 5. The number of anilines is 1. The summed E-state index contributed by atoms with van der Waals surface area (Å²) in [7, 11) is 0. The van der Waals surface area contributed by atoms with E-state index in [1.807, 2.05) is 20.8 Å². The Bertz CT molecular complexity index is 482. The zero-order valence-electron chi connectivity index (χ0n) is 12.2. The van der Waals surface area contributed by atoms with E-state index in [2.05, 4.69) is 15.4 Å². The molecule has 7 heteroatoms.